The SMILES string of the molecule is CCc1ccc2ccc3c4ccnc5c4c(cc3c2c1)Oc1nc2c(C)c(C)ccc2cc1-5. The average molecular weight is 427 g/mol. The predicted octanol–water partition coefficient (Wildman–Crippen LogP) is 8.04. The number of nitrogens with zero attached hydrogens (tertiary/aromatic N) is 2. The van der Waals surface area contributed by atoms with Crippen molar-refractivity contribution in [1.82, 2.24) is 9.97 Å². The summed E-state index contributed by atoms with van der Waals surface area (Å²) in [6, 6.07) is 21.9. The second-order valence-corrected chi connectivity index (χ2v) is 9.05. The van der Waals surface area contributed by atoms with Gasteiger partial charge in [-0.25, -0.2) is 4.98 Å². The molecule has 0 atom stereocenters. The van der Waals surface area contributed by atoms with Crippen molar-refractivity contribution in [1.29, 1.82) is 0 Å². The molecule has 0 fully saturated rings. The summed E-state index contributed by atoms with van der Waals surface area (Å²) < 4.78 is 6.51. The maximum atomic E-state index is 6.51. The van der Waals surface area contributed by atoms with Gasteiger partial charge in [-0.1, -0.05) is 49.4 Å². The Hall–Kier alpha value is -3.98. The molecule has 158 valence electrons. The summed E-state index contributed by atoms with van der Waals surface area (Å²) in [5.74, 6) is 1.47. The molecule has 0 N–H and O–H groups in total. The average Bonchev–Trinajstić information content (AvgIpc) is 2.85. The first-order chi connectivity index (χ1) is 16.1. The van der Waals surface area contributed by atoms with E-state index in [1.807, 2.05) is 6.20 Å². The number of hydrogen-bond donors (Lipinski definition) is 0. The van der Waals surface area contributed by atoms with Crippen LogP contribution in [-0.2, 0) is 6.42 Å². The van der Waals surface area contributed by atoms with Crippen LogP contribution in [0.5, 0.6) is 11.6 Å². The summed E-state index contributed by atoms with van der Waals surface area (Å²) in [6.07, 6.45) is 2.92. The summed E-state index contributed by atoms with van der Waals surface area (Å²) in [7, 11) is 0. The van der Waals surface area contributed by atoms with Gasteiger partial charge in [-0.3, -0.25) is 4.98 Å². The third-order valence-electron chi connectivity index (χ3n) is 7.24. The highest BCUT2D eigenvalue weighted by Crippen LogP contribution is 2.48. The third kappa shape index (κ3) is 2.51. The lowest BCUT2D eigenvalue weighted by molar-refractivity contribution is 0.469. The van der Waals surface area contributed by atoms with Gasteiger partial charge in [-0.05, 0) is 82.1 Å². The van der Waals surface area contributed by atoms with Crippen LogP contribution in [0.4, 0.5) is 0 Å². The first-order valence-electron chi connectivity index (χ1n) is 11.5. The molecule has 2 aromatic heterocycles. The molecule has 1 aliphatic heterocycles. The van der Waals surface area contributed by atoms with Gasteiger partial charge in [-0.2, -0.15) is 0 Å². The number of benzene rings is 4. The van der Waals surface area contributed by atoms with Gasteiger partial charge >= 0.3 is 0 Å². The number of hydrogen-bond acceptors (Lipinski definition) is 3. The van der Waals surface area contributed by atoms with Gasteiger partial charge in [0.25, 0.3) is 0 Å². The van der Waals surface area contributed by atoms with Crippen LogP contribution in [-0.4, -0.2) is 9.97 Å². The zero-order valence-electron chi connectivity index (χ0n) is 18.9. The lowest BCUT2D eigenvalue weighted by atomic mass is 9.92. The molecule has 1 aliphatic rings. The highest BCUT2D eigenvalue weighted by molar-refractivity contribution is 6.21. The van der Waals surface area contributed by atoms with Crippen molar-refractivity contribution in [3.8, 4) is 22.9 Å². The highest BCUT2D eigenvalue weighted by Gasteiger charge is 2.25. The number of aryl methyl sites for hydroxylation is 3. The van der Waals surface area contributed by atoms with Crippen LogP contribution in [0.3, 0.4) is 0 Å². The smallest absolute Gasteiger partial charge is 0.229 e. The Kier molecular flexibility index (Phi) is 3.67. The van der Waals surface area contributed by atoms with Crippen molar-refractivity contribution in [2.24, 2.45) is 0 Å². The van der Waals surface area contributed by atoms with E-state index in [0.29, 0.717) is 5.88 Å². The lowest BCUT2D eigenvalue weighted by Crippen LogP contribution is -2.02. The normalized spacial score (nSPS) is 12.5. The largest absolute Gasteiger partial charge is 0.438 e. The summed E-state index contributed by atoms with van der Waals surface area (Å²) in [6.45, 7) is 6.44. The standard InChI is InChI=1S/C30H22N2O/c1-4-18-6-8-19-9-10-21-22-11-12-31-29-25-14-20-7-5-16(2)17(3)28(20)32-30(25)33-26(27(22)29)15-24(21)23(19)13-18/h5-15H,4H2,1-3H3. The van der Waals surface area contributed by atoms with Gasteiger partial charge in [0.15, 0.2) is 0 Å². The summed E-state index contributed by atoms with van der Waals surface area (Å²) >= 11 is 0. The maximum Gasteiger partial charge on any atom is 0.229 e. The molecule has 4 aromatic carbocycles. The molecular formula is C30H22N2O. The molecule has 3 heteroatoms. The fourth-order valence-corrected chi connectivity index (χ4v) is 5.24. The Bertz CT molecular complexity index is 1800. The van der Waals surface area contributed by atoms with Crippen LogP contribution in [0.1, 0.15) is 23.6 Å². The Balaban J connectivity index is 1.60. The van der Waals surface area contributed by atoms with Gasteiger partial charge < -0.3 is 4.74 Å². The molecule has 0 aliphatic carbocycles. The van der Waals surface area contributed by atoms with Crippen molar-refractivity contribution < 1.29 is 4.74 Å². The second kappa shape index (κ2) is 6.52. The molecule has 0 unspecified atom stereocenters. The molecule has 6 aromatic rings. The van der Waals surface area contributed by atoms with Crippen LogP contribution < -0.4 is 4.74 Å². The van der Waals surface area contributed by atoms with E-state index in [2.05, 4.69) is 81.4 Å². The van der Waals surface area contributed by atoms with Crippen LogP contribution in [0, 0.1) is 13.8 Å². The summed E-state index contributed by atoms with van der Waals surface area (Å²) in [5.41, 5.74) is 6.65. The molecule has 0 saturated carbocycles. The van der Waals surface area contributed by atoms with Crippen molar-refractivity contribution in [3.05, 3.63) is 83.6 Å². The molecule has 0 spiro atoms. The van der Waals surface area contributed by atoms with Gasteiger partial charge in [0.05, 0.1) is 22.2 Å². The van der Waals surface area contributed by atoms with Crippen molar-refractivity contribution in [3.63, 3.8) is 0 Å². The predicted molar refractivity (Wildman–Crippen MR) is 136 cm³/mol. The maximum absolute atomic E-state index is 6.51. The summed E-state index contributed by atoms with van der Waals surface area (Å²) in [5, 5.41) is 8.28. The molecule has 0 radical (unpaired) electrons. The first kappa shape index (κ1) is 18.6. The van der Waals surface area contributed by atoms with Crippen LogP contribution in [0.2, 0.25) is 0 Å². The van der Waals surface area contributed by atoms with Gasteiger partial charge in [0, 0.05) is 11.6 Å². The van der Waals surface area contributed by atoms with Gasteiger partial charge in [0.2, 0.25) is 5.88 Å². The van der Waals surface area contributed by atoms with Gasteiger partial charge in [0.1, 0.15) is 5.75 Å². The minimum absolute atomic E-state index is 0.637. The zero-order valence-corrected chi connectivity index (χ0v) is 18.9. The number of aromatic nitrogens is 2. The van der Waals surface area contributed by atoms with E-state index >= 15 is 0 Å². The molecule has 0 bridgehead atoms. The monoisotopic (exact) mass is 426 g/mol. The highest BCUT2D eigenvalue weighted by atomic mass is 16.5. The molecule has 3 heterocycles. The molecular weight excluding hydrogens is 404 g/mol. The Morgan fingerprint density at radius 2 is 1.64 bits per heavy atom. The van der Waals surface area contributed by atoms with Gasteiger partial charge in [-0.15, -0.1) is 0 Å². The molecule has 33 heavy (non-hydrogen) atoms. The quantitative estimate of drug-likeness (QED) is 0.249. The van der Waals surface area contributed by atoms with E-state index < -0.39 is 0 Å². The van der Waals surface area contributed by atoms with E-state index in [9.17, 15) is 0 Å². The van der Waals surface area contributed by atoms with Crippen molar-refractivity contribution in [2.75, 3.05) is 0 Å². The fraction of sp³-hybridized carbons (Fsp3) is 0.133. The topological polar surface area (TPSA) is 35.0 Å². The molecule has 0 saturated heterocycles. The van der Waals surface area contributed by atoms with E-state index in [1.54, 1.807) is 0 Å². The first-order valence-corrected chi connectivity index (χ1v) is 11.5. The minimum atomic E-state index is 0.637. The van der Waals surface area contributed by atoms with E-state index in [1.165, 1.54) is 43.6 Å². The van der Waals surface area contributed by atoms with E-state index in [0.717, 1.165) is 39.7 Å². The third-order valence-corrected chi connectivity index (χ3v) is 7.24. The van der Waals surface area contributed by atoms with Crippen molar-refractivity contribution in [2.45, 2.75) is 27.2 Å². The van der Waals surface area contributed by atoms with E-state index in [4.69, 9.17) is 14.7 Å². The van der Waals surface area contributed by atoms with Crippen LogP contribution in [0.15, 0.2) is 66.9 Å². The fourth-order valence-electron chi connectivity index (χ4n) is 5.24. The zero-order chi connectivity index (χ0) is 22.3. The number of rotatable bonds is 1. The molecule has 7 rings (SSSR count). The number of pyridine rings is 2. The summed E-state index contributed by atoms with van der Waals surface area (Å²) in [4.78, 5) is 9.77. The van der Waals surface area contributed by atoms with Crippen LogP contribution >= 0.6 is 0 Å². The number of fused-ring (bicyclic) bond motifs is 7. The second-order valence-electron chi connectivity index (χ2n) is 9.05. The Morgan fingerprint density at radius 3 is 2.52 bits per heavy atom. The van der Waals surface area contributed by atoms with Crippen molar-refractivity contribution >= 4 is 43.2 Å². The van der Waals surface area contributed by atoms with Crippen LogP contribution in [0.25, 0.3) is 54.5 Å². The minimum Gasteiger partial charge on any atom is -0.438 e. The van der Waals surface area contributed by atoms with E-state index in [-0.39, 0.29) is 0 Å². The number of ether oxygens (including phenoxy) is 1. The molecule has 3 nitrogen and oxygen atoms in total. The Labute approximate surface area is 191 Å². The Morgan fingerprint density at radius 1 is 0.788 bits per heavy atom. The lowest BCUT2D eigenvalue weighted by Gasteiger charge is -2.22. The molecule has 0 amide bonds.